The van der Waals surface area contributed by atoms with Crippen LogP contribution in [-0.2, 0) is 21.2 Å². The van der Waals surface area contributed by atoms with Crippen LogP contribution in [-0.4, -0.2) is 58.6 Å². The number of carbonyl (C=O) groups is 1. The lowest BCUT2D eigenvalue weighted by atomic mass is 10.0. The van der Waals surface area contributed by atoms with Gasteiger partial charge in [-0.05, 0) is 17.7 Å². The molecule has 3 heterocycles. The second-order valence-corrected chi connectivity index (χ2v) is 9.46. The van der Waals surface area contributed by atoms with E-state index in [-0.39, 0.29) is 24.0 Å². The van der Waals surface area contributed by atoms with Gasteiger partial charge < -0.3 is 5.32 Å². The summed E-state index contributed by atoms with van der Waals surface area (Å²) < 4.78 is 25.3. The molecule has 3 aromatic rings. The smallest absolute Gasteiger partial charge is 0.242 e. The van der Waals surface area contributed by atoms with Crippen LogP contribution in [0.4, 0.5) is 0 Å². The Morgan fingerprint density at radius 2 is 1.80 bits per heavy atom. The fraction of sp³-hybridized carbons (Fsp3) is 0.286. The van der Waals surface area contributed by atoms with Crippen molar-refractivity contribution in [3.05, 3.63) is 78.2 Å². The normalized spacial score (nSPS) is 17.3. The van der Waals surface area contributed by atoms with Crippen molar-refractivity contribution in [2.45, 2.75) is 12.6 Å². The summed E-state index contributed by atoms with van der Waals surface area (Å²) in [5.74, 6) is 0.615. The molecule has 1 unspecified atom stereocenters. The van der Waals surface area contributed by atoms with E-state index in [0.29, 0.717) is 18.9 Å². The van der Waals surface area contributed by atoms with Crippen molar-refractivity contribution in [2.75, 3.05) is 24.6 Å². The maximum Gasteiger partial charge on any atom is 0.242 e. The van der Waals surface area contributed by atoms with Crippen molar-refractivity contribution in [2.24, 2.45) is 0 Å². The SMILES string of the molecule is O=C(NCc1cccnc1-n1cccn1)C(c1ccccc1)N1CCS(=O)(=O)CC1. The van der Waals surface area contributed by atoms with E-state index in [0.717, 1.165) is 11.1 Å². The molecule has 0 spiro atoms. The Kier molecular flexibility index (Phi) is 5.91. The zero-order chi connectivity index (χ0) is 21.0. The molecule has 1 amide bonds. The average molecular weight is 426 g/mol. The van der Waals surface area contributed by atoms with Gasteiger partial charge in [-0.25, -0.2) is 18.1 Å². The van der Waals surface area contributed by atoms with Crippen molar-refractivity contribution >= 4 is 15.7 Å². The molecule has 1 saturated heterocycles. The zero-order valence-electron chi connectivity index (χ0n) is 16.4. The highest BCUT2D eigenvalue weighted by molar-refractivity contribution is 7.91. The molecule has 0 aliphatic carbocycles. The largest absolute Gasteiger partial charge is 0.350 e. The van der Waals surface area contributed by atoms with Gasteiger partial charge in [-0.3, -0.25) is 9.69 Å². The minimum Gasteiger partial charge on any atom is -0.350 e. The number of nitrogens with zero attached hydrogens (tertiary/aromatic N) is 4. The fourth-order valence-electron chi connectivity index (χ4n) is 3.60. The number of amides is 1. The van der Waals surface area contributed by atoms with Gasteiger partial charge in [-0.15, -0.1) is 0 Å². The van der Waals surface area contributed by atoms with Crippen LogP contribution in [0.15, 0.2) is 67.1 Å². The summed E-state index contributed by atoms with van der Waals surface area (Å²) >= 11 is 0. The molecule has 0 radical (unpaired) electrons. The highest BCUT2D eigenvalue weighted by Crippen LogP contribution is 2.23. The topological polar surface area (TPSA) is 97.2 Å². The van der Waals surface area contributed by atoms with Gasteiger partial charge in [-0.2, -0.15) is 5.10 Å². The molecular formula is C21H23N5O3S. The summed E-state index contributed by atoms with van der Waals surface area (Å²) in [5, 5.41) is 7.23. The molecule has 1 fully saturated rings. The molecule has 0 saturated carbocycles. The number of hydrogen-bond acceptors (Lipinski definition) is 6. The van der Waals surface area contributed by atoms with Gasteiger partial charge in [0.1, 0.15) is 6.04 Å². The van der Waals surface area contributed by atoms with E-state index in [1.807, 2.05) is 53.4 Å². The first-order valence-electron chi connectivity index (χ1n) is 9.74. The zero-order valence-corrected chi connectivity index (χ0v) is 17.2. The number of carbonyl (C=O) groups excluding carboxylic acids is 1. The third-order valence-electron chi connectivity index (χ3n) is 5.15. The Labute approximate surface area is 175 Å². The molecule has 8 nitrogen and oxygen atoms in total. The van der Waals surface area contributed by atoms with Gasteiger partial charge in [-0.1, -0.05) is 36.4 Å². The number of sulfone groups is 1. The van der Waals surface area contributed by atoms with Gasteiger partial charge in [0.2, 0.25) is 5.91 Å². The van der Waals surface area contributed by atoms with Gasteiger partial charge in [0.25, 0.3) is 0 Å². The summed E-state index contributed by atoms with van der Waals surface area (Å²) in [7, 11) is -3.03. The maximum absolute atomic E-state index is 13.2. The quantitative estimate of drug-likeness (QED) is 0.640. The molecule has 1 atom stereocenters. The first kappa shape index (κ1) is 20.2. The van der Waals surface area contributed by atoms with Crippen molar-refractivity contribution < 1.29 is 13.2 Å². The van der Waals surface area contributed by atoms with Crippen LogP contribution >= 0.6 is 0 Å². The summed E-state index contributed by atoms with van der Waals surface area (Å²) in [6.45, 7) is 0.957. The van der Waals surface area contributed by atoms with Crippen LogP contribution in [0, 0.1) is 0 Å². The molecule has 9 heteroatoms. The Morgan fingerprint density at radius 1 is 1.03 bits per heavy atom. The third-order valence-corrected chi connectivity index (χ3v) is 6.76. The van der Waals surface area contributed by atoms with Crippen LogP contribution in [0.2, 0.25) is 0 Å². The summed E-state index contributed by atoms with van der Waals surface area (Å²) in [4.78, 5) is 19.5. The van der Waals surface area contributed by atoms with Crippen molar-refractivity contribution in [3.8, 4) is 5.82 Å². The lowest BCUT2D eigenvalue weighted by molar-refractivity contribution is -0.126. The van der Waals surface area contributed by atoms with Crippen LogP contribution in [0.5, 0.6) is 0 Å². The number of rotatable bonds is 6. The van der Waals surface area contributed by atoms with Gasteiger partial charge in [0.05, 0.1) is 11.5 Å². The number of pyridine rings is 1. The Hall–Kier alpha value is -3.04. The third kappa shape index (κ3) is 4.58. The molecule has 2 aromatic heterocycles. The van der Waals surface area contributed by atoms with Crippen molar-refractivity contribution in [1.82, 2.24) is 25.0 Å². The highest BCUT2D eigenvalue weighted by atomic mass is 32.2. The summed E-state index contributed by atoms with van der Waals surface area (Å²) in [6.07, 6.45) is 5.16. The number of aromatic nitrogens is 3. The molecule has 156 valence electrons. The molecule has 30 heavy (non-hydrogen) atoms. The number of hydrogen-bond donors (Lipinski definition) is 1. The van der Waals surface area contributed by atoms with Crippen LogP contribution in [0.3, 0.4) is 0 Å². The minimum atomic E-state index is -3.03. The molecule has 1 aliphatic rings. The Balaban J connectivity index is 1.54. The van der Waals surface area contributed by atoms with Crippen molar-refractivity contribution in [1.29, 1.82) is 0 Å². The second kappa shape index (κ2) is 8.76. The molecule has 1 aliphatic heterocycles. The predicted molar refractivity (Wildman–Crippen MR) is 113 cm³/mol. The van der Waals surface area contributed by atoms with E-state index < -0.39 is 15.9 Å². The van der Waals surface area contributed by atoms with E-state index in [9.17, 15) is 13.2 Å². The molecular weight excluding hydrogens is 402 g/mol. The summed E-state index contributed by atoms with van der Waals surface area (Å²) in [5.41, 5.74) is 1.68. The Morgan fingerprint density at radius 3 is 2.50 bits per heavy atom. The van der Waals surface area contributed by atoms with Crippen molar-refractivity contribution in [3.63, 3.8) is 0 Å². The van der Waals surface area contributed by atoms with E-state index >= 15 is 0 Å². The lowest BCUT2D eigenvalue weighted by Crippen LogP contribution is -2.47. The lowest BCUT2D eigenvalue weighted by Gasteiger charge is -2.33. The van der Waals surface area contributed by atoms with Gasteiger partial charge in [0, 0.05) is 43.8 Å². The molecule has 1 aromatic carbocycles. The van der Waals surface area contributed by atoms with E-state index in [1.165, 1.54) is 0 Å². The first-order valence-corrected chi connectivity index (χ1v) is 11.6. The van der Waals surface area contributed by atoms with E-state index in [1.54, 1.807) is 23.3 Å². The number of nitrogens with one attached hydrogen (secondary N) is 1. The van der Waals surface area contributed by atoms with E-state index in [2.05, 4.69) is 15.4 Å². The standard InChI is InChI=1S/C21H23N5O3S/c27-21(23-16-18-8-4-9-22-20(18)26-11-5-10-24-26)19(17-6-2-1-3-7-17)25-12-14-30(28,29)15-13-25/h1-11,19H,12-16H2,(H,23,27). The molecule has 0 bridgehead atoms. The monoisotopic (exact) mass is 425 g/mol. The van der Waals surface area contributed by atoms with Crippen LogP contribution in [0.25, 0.3) is 5.82 Å². The first-order chi connectivity index (χ1) is 14.5. The van der Waals surface area contributed by atoms with E-state index in [4.69, 9.17) is 0 Å². The molecule has 4 rings (SSSR count). The highest BCUT2D eigenvalue weighted by Gasteiger charge is 2.32. The Bertz CT molecular complexity index is 1090. The maximum atomic E-state index is 13.2. The van der Waals surface area contributed by atoms with Gasteiger partial charge in [0.15, 0.2) is 15.7 Å². The number of benzene rings is 1. The predicted octanol–water partition coefficient (Wildman–Crippen LogP) is 1.36. The van der Waals surface area contributed by atoms with Crippen LogP contribution in [0.1, 0.15) is 17.2 Å². The second-order valence-electron chi connectivity index (χ2n) is 7.16. The van der Waals surface area contributed by atoms with Gasteiger partial charge >= 0.3 is 0 Å². The average Bonchev–Trinajstić information content (AvgIpc) is 3.29. The molecule has 1 N–H and O–H groups in total. The summed E-state index contributed by atoms with van der Waals surface area (Å²) in [6, 6.07) is 14.4. The van der Waals surface area contributed by atoms with Crippen LogP contribution < -0.4 is 5.32 Å². The minimum absolute atomic E-state index is 0.0651. The fourth-order valence-corrected chi connectivity index (χ4v) is 4.83.